The summed E-state index contributed by atoms with van der Waals surface area (Å²) in [6.07, 6.45) is 3.64. The van der Waals surface area contributed by atoms with Crippen LogP contribution in [0.1, 0.15) is 66.8 Å². The van der Waals surface area contributed by atoms with Gasteiger partial charge in [0.05, 0.1) is 27.3 Å². The highest BCUT2D eigenvalue weighted by molar-refractivity contribution is 7.14. The minimum absolute atomic E-state index is 0.0212. The van der Waals surface area contributed by atoms with Crippen molar-refractivity contribution in [2.45, 2.75) is 65.6 Å². The van der Waals surface area contributed by atoms with Crippen LogP contribution in [0.15, 0.2) is 24.4 Å². The molecule has 2 atom stereocenters. The van der Waals surface area contributed by atoms with Crippen molar-refractivity contribution in [2.75, 3.05) is 5.32 Å². The third-order valence-electron chi connectivity index (χ3n) is 5.03. The molecule has 0 bridgehead atoms. The summed E-state index contributed by atoms with van der Waals surface area (Å²) >= 11 is 7.46. The fourth-order valence-corrected chi connectivity index (χ4v) is 4.13. The standard InChI is InChI=1S/C22H29ClN4O2S/c1-12-16(10-14(23)11-24-12)25-13(2)17-8-9-18(30-17)20(28)27-19(22(3,4)5)21(29)26-15-6-7-15/h8-11,13,15,19,25H,6-7H2,1-5H3,(H,26,29)(H,27,28)/t13-,19+/m0/s1. The molecule has 3 N–H and O–H groups in total. The van der Waals surface area contributed by atoms with Crippen LogP contribution in [-0.2, 0) is 4.79 Å². The molecule has 0 unspecified atom stereocenters. The van der Waals surface area contributed by atoms with Crippen molar-refractivity contribution < 1.29 is 9.59 Å². The molecule has 0 aliphatic heterocycles. The number of anilines is 1. The Morgan fingerprint density at radius 3 is 2.60 bits per heavy atom. The highest BCUT2D eigenvalue weighted by Gasteiger charge is 2.36. The number of hydrogen-bond acceptors (Lipinski definition) is 5. The Hall–Kier alpha value is -2.12. The summed E-state index contributed by atoms with van der Waals surface area (Å²) in [7, 11) is 0. The summed E-state index contributed by atoms with van der Waals surface area (Å²) in [6, 6.07) is 5.22. The van der Waals surface area contributed by atoms with E-state index in [4.69, 9.17) is 11.6 Å². The Labute approximate surface area is 186 Å². The first-order chi connectivity index (χ1) is 14.0. The number of aryl methyl sites for hydroxylation is 1. The zero-order valence-electron chi connectivity index (χ0n) is 18.0. The number of carbonyl (C=O) groups is 2. The summed E-state index contributed by atoms with van der Waals surface area (Å²) in [6.45, 7) is 9.81. The van der Waals surface area contributed by atoms with E-state index in [1.807, 2.05) is 46.8 Å². The van der Waals surface area contributed by atoms with E-state index in [1.165, 1.54) is 11.3 Å². The molecular weight excluding hydrogens is 420 g/mol. The molecule has 2 aromatic heterocycles. The molecule has 30 heavy (non-hydrogen) atoms. The number of pyridine rings is 1. The number of nitrogens with zero attached hydrogens (tertiary/aromatic N) is 1. The van der Waals surface area contributed by atoms with Crippen LogP contribution in [0.3, 0.4) is 0 Å². The third-order valence-corrected chi connectivity index (χ3v) is 6.50. The van der Waals surface area contributed by atoms with Crippen molar-refractivity contribution in [3.05, 3.63) is 44.9 Å². The van der Waals surface area contributed by atoms with Crippen LogP contribution in [0.25, 0.3) is 0 Å². The first-order valence-corrected chi connectivity index (χ1v) is 11.3. The Morgan fingerprint density at radius 2 is 1.97 bits per heavy atom. The molecule has 1 fully saturated rings. The van der Waals surface area contributed by atoms with Gasteiger partial charge in [-0.3, -0.25) is 14.6 Å². The monoisotopic (exact) mass is 448 g/mol. The second kappa shape index (κ2) is 8.94. The molecule has 162 valence electrons. The highest BCUT2D eigenvalue weighted by atomic mass is 35.5. The number of hydrogen-bond donors (Lipinski definition) is 3. The van der Waals surface area contributed by atoms with Crippen molar-refractivity contribution in [1.82, 2.24) is 15.6 Å². The van der Waals surface area contributed by atoms with Gasteiger partial charge in [0.2, 0.25) is 5.91 Å². The first kappa shape index (κ1) is 22.6. The zero-order valence-corrected chi connectivity index (χ0v) is 19.6. The van der Waals surface area contributed by atoms with Gasteiger partial charge in [-0.05, 0) is 50.3 Å². The molecule has 6 nitrogen and oxygen atoms in total. The van der Waals surface area contributed by atoms with Gasteiger partial charge in [0.25, 0.3) is 5.91 Å². The molecular formula is C22H29ClN4O2S. The molecule has 1 aliphatic rings. The SMILES string of the molecule is Cc1ncc(Cl)cc1N[C@@H](C)c1ccc(C(=O)N[C@H](C(=O)NC2CC2)C(C)(C)C)s1. The maximum atomic E-state index is 12.9. The van der Waals surface area contributed by atoms with Crippen molar-refractivity contribution in [1.29, 1.82) is 0 Å². The summed E-state index contributed by atoms with van der Waals surface area (Å²) in [5.74, 6) is -0.348. The second-order valence-electron chi connectivity index (χ2n) is 8.91. The zero-order chi connectivity index (χ0) is 22.1. The van der Waals surface area contributed by atoms with Gasteiger partial charge in [0, 0.05) is 17.1 Å². The molecule has 0 aromatic carbocycles. The van der Waals surface area contributed by atoms with Crippen LogP contribution in [-0.4, -0.2) is 28.9 Å². The number of carbonyl (C=O) groups excluding carboxylic acids is 2. The Balaban J connectivity index is 1.68. The summed E-state index contributed by atoms with van der Waals surface area (Å²) < 4.78 is 0. The molecule has 2 aromatic rings. The van der Waals surface area contributed by atoms with Crippen molar-refractivity contribution in [3.63, 3.8) is 0 Å². The van der Waals surface area contributed by atoms with E-state index in [2.05, 4.69) is 20.9 Å². The third kappa shape index (κ3) is 5.73. The summed E-state index contributed by atoms with van der Waals surface area (Å²) in [4.78, 5) is 31.4. The van der Waals surface area contributed by atoms with Gasteiger partial charge in [-0.15, -0.1) is 11.3 Å². The van der Waals surface area contributed by atoms with Gasteiger partial charge in [0.15, 0.2) is 0 Å². The molecule has 1 aliphatic carbocycles. The van der Waals surface area contributed by atoms with Gasteiger partial charge < -0.3 is 16.0 Å². The Kier molecular flexibility index (Phi) is 6.72. The maximum absolute atomic E-state index is 12.9. The molecule has 3 rings (SSSR count). The van der Waals surface area contributed by atoms with E-state index in [0.717, 1.165) is 29.1 Å². The molecule has 8 heteroatoms. The average molecular weight is 449 g/mol. The van der Waals surface area contributed by atoms with Crippen LogP contribution in [0, 0.1) is 12.3 Å². The molecule has 2 heterocycles. The number of thiophene rings is 1. The lowest BCUT2D eigenvalue weighted by atomic mass is 9.86. The molecule has 2 amide bonds. The van der Waals surface area contributed by atoms with E-state index in [-0.39, 0.29) is 29.3 Å². The van der Waals surface area contributed by atoms with Crippen LogP contribution in [0.5, 0.6) is 0 Å². The van der Waals surface area contributed by atoms with E-state index in [1.54, 1.807) is 12.3 Å². The van der Waals surface area contributed by atoms with Crippen molar-refractivity contribution in [2.24, 2.45) is 5.41 Å². The lowest BCUT2D eigenvalue weighted by Crippen LogP contribution is -2.53. The average Bonchev–Trinajstić information content (AvgIpc) is 3.32. The number of aromatic nitrogens is 1. The number of halogens is 1. The molecule has 0 saturated heterocycles. The minimum atomic E-state index is -0.591. The smallest absolute Gasteiger partial charge is 0.262 e. The van der Waals surface area contributed by atoms with Gasteiger partial charge in [-0.2, -0.15) is 0 Å². The molecule has 0 spiro atoms. The number of nitrogens with one attached hydrogen (secondary N) is 3. The first-order valence-electron chi connectivity index (χ1n) is 10.1. The van der Waals surface area contributed by atoms with Crippen LogP contribution >= 0.6 is 22.9 Å². The van der Waals surface area contributed by atoms with Crippen LogP contribution < -0.4 is 16.0 Å². The van der Waals surface area contributed by atoms with Crippen LogP contribution in [0.4, 0.5) is 5.69 Å². The minimum Gasteiger partial charge on any atom is -0.376 e. The fourth-order valence-electron chi connectivity index (χ4n) is 3.06. The van der Waals surface area contributed by atoms with E-state index < -0.39 is 6.04 Å². The van der Waals surface area contributed by atoms with E-state index >= 15 is 0 Å². The summed E-state index contributed by atoms with van der Waals surface area (Å²) in [5.41, 5.74) is 1.33. The molecule has 1 saturated carbocycles. The second-order valence-corrected chi connectivity index (χ2v) is 10.5. The lowest BCUT2D eigenvalue weighted by Gasteiger charge is -2.30. The number of rotatable bonds is 7. The fraction of sp³-hybridized carbons (Fsp3) is 0.500. The maximum Gasteiger partial charge on any atom is 0.262 e. The normalized spacial score (nSPS) is 15.9. The Bertz CT molecular complexity index is 933. The lowest BCUT2D eigenvalue weighted by molar-refractivity contribution is -0.125. The number of amides is 2. The quantitative estimate of drug-likeness (QED) is 0.573. The van der Waals surface area contributed by atoms with Gasteiger partial charge in [0.1, 0.15) is 6.04 Å². The largest absolute Gasteiger partial charge is 0.376 e. The Morgan fingerprint density at radius 1 is 1.27 bits per heavy atom. The predicted molar refractivity (Wildman–Crippen MR) is 122 cm³/mol. The van der Waals surface area contributed by atoms with Gasteiger partial charge >= 0.3 is 0 Å². The van der Waals surface area contributed by atoms with Gasteiger partial charge in [-0.25, -0.2) is 0 Å². The van der Waals surface area contributed by atoms with E-state index in [0.29, 0.717) is 9.90 Å². The highest BCUT2D eigenvalue weighted by Crippen LogP contribution is 2.29. The van der Waals surface area contributed by atoms with Crippen LogP contribution in [0.2, 0.25) is 5.02 Å². The van der Waals surface area contributed by atoms with Crippen molar-refractivity contribution >= 4 is 40.4 Å². The predicted octanol–water partition coefficient (Wildman–Crippen LogP) is 4.70. The topological polar surface area (TPSA) is 83.1 Å². The summed E-state index contributed by atoms with van der Waals surface area (Å²) in [5, 5.41) is 9.90. The molecule has 0 radical (unpaired) electrons. The van der Waals surface area contributed by atoms with E-state index in [9.17, 15) is 9.59 Å². The van der Waals surface area contributed by atoms with Gasteiger partial charge in [-0.1, -0.05) is 32.4 Å². The van der Waals surface area contributed by atoms with Crippen molar-refractivity contribution in [3.8, 4) is 0 Å².